The van der Waals surface area contributed by atoms with E-state index in [9.17, 15) is 9.59 Å². The van der Waals surface area contributed by atoms with Crippen LogP contribution in [-0.4, -0.2) is 18.4 Å². The van der Waals surface area contributed by atoms with E-state index in [-0.39, 0.29) is 24.9 Å². The van der Waals surface area contributed by atoms with Crippen molar-refractivity contribution >= 4 is 46.9 Å². The largest absolute Gasteiger partial charge is 0.467 e. The molecule has 0 aliphatic carbocycles. The third-order valence-corrected chi connectivity index (χ3v) is 5.63. The van der Waals surface area contributed by atoms with E-state index in [4.69, 9.17) is 16.0 Å². The van der Waals surface area contributed by atoms with Crippen molar-refractivity contribution in [3.63, 3.8) is 0 Å². The molecule has 0 atom stereocenters. The summed E-state index contributed by atoms with van der Waals surface area (Å²) in [5, 5.41) is 3.38. The minimum Gasteiger partial charge on any atom is -0.467 e. The summed E-state index contributed by atoms with van der Waals surface area (Å²) in [4.78, 5) is 28.6. The predicted molar refractivity (Wildman–Crippen MR) is 115 cm³/mol. The van der Waals surface area contributed by atoms with E-state index in [0.29, 0.717) is 15.7 Å². The maximum atomic E-state index is 13.2. The number of carbonyl (C=O) groups excluding carboxylic acids is 2. The summed E-state index contributed by atoms with van der Waals surface area (Å²) in [6.07, 6.45) is 3.35. The number of thioether (sulfide) groups is 1. The molecule has 7 heteroatoms. The summed E-state index contributed by atoms with van der Waals surface area (Å²) in [5.41, 5.74) is 1.55. The zero-order valence-electron chi connectivity index (χ0n) is 15.3. The summed E-state index contributed by atoms with van der Waals surface area (Å²) >= 11 is 7.45. The number of nitrogens with zero attached hydrogens (tertiary/aromatic N) is 1. The zero-order valence-corrected chi connectivity index (χ0v) is 16.9. The highest BCUT2D eigenvalue weighted by Gasteiger charge is 2.30. The number of nitrogens with one attached hydrogen (secondary N) is 1. The average Bonchev–Trinajstić information content (AvgIpc) is 3.23. The molecule has 29 heavy (non-hydrogen) atoms. The molecule has 1 aliphatic heterocycles. The van der Waals surface area contributed by atoms with Gasteiger partial charge < -0.3 is 9.73 Å². The quantitative estimate of drug-likeness (QED) is 0.601. The van der Waals surface area contributed by atoms with Crippen molar-refractivity contribution in [1.82, 2.24) is 5.32 Å². The Labute approximate surface area is 177 Å². The lowest BCUT2D eigenvalue weighted by Crippen LogP contribution is -2.42. The summed E-state index contributed by atoms with van der Waals surface area (Å²) in [7, 11) is 0. The number of furan rings is 1. The van der Waals surface area contributed by atoms with Gasteiger partial charge in [-0.05, 0) is 48.0 Å². The SMILES string of the molecule is O=C(CN1C(=O)/C(=C/c2cccc(Cl)c2)Sc2ccccc21)NCc1ccco1. The van der Waals surface area contributed by atoms with Crippen molar-refractivity contribution in [2.24, 2.45) is 0 Å². The Balaban J connectivity index is 1.58. The first-order valence-electron chi connectivity index (χ1n) is 8.95. The minimum absolute atomic E-state index is 0.0794. The summed E-state index contributed by atoms with van der Waals surface area (Å²) in [6.45, 7) is 0.194. The van der Waals surface area contributed by atoms with Crippen LogP contribution in [0, 0.1) is 0 Å². The van der Waals surface area contributed by atoms with Crippen LogP contribution in [0.4, 0.5) is 5.69 Å². The van der Waals surface area contributed by atoms with Gasteiger partial charge in [-0.25, -0.2) is 0 Å². The van der Waals surface area contributed by atoms with Crippen molar-refractivity contribution < 1.29 is 14.0 Å². The maximum Gasteiger partial charge on any atom is 0.265 e. The molecule has 4 rings (SSSR count). The first-order valence-corrected chi connectivity index (χ1v) is 10.1. The fourth-order valence-electron chi connectivity index (χ4n) is 2.97. The molecular weight excluding hydrogens is 408 g/mol. The molecule has 1 N–H and O–H groups in total. The number of rotatable bonds is 5. The molecule has 1 aliphatic rings. The molecule has 0 saturated carbocycles. The van der Waals surface area contributed by atoms with Crippen LogP contribution in [0.5, 0.6) is 0 Å². The normalized spacial score (nSPS) is 14.7. The lowest BCUT2D eigenvalue weighted by atomic mass is 10.2. The van der Waals surface area contributed by atoms with E-state index in [2.05, 4.69) is 5.32 Å². The monoisotopic (exact) mass is 424 g/mol. The first-order chi connectivity index (χ1) is 14.1. The van der Waals surface area contributed by atoms with Crippen molar-refractivity contribution in [3.05, 3.63) is 88.2 Å². The van der Waals surface area contributed by atoms with Gasteiger partial charge >= 0.3 is 0 Å². The van der Waals surface area contributed by atoms with Crippen LogP contribution >= 0.6 is 23.4 Å². The topological polar surface area (TPSA) is 62.6 Å². The molecule has 0 saturated heterocycles. The number of para-hydroxylation sites is 1. The molecule has 1 aromatic heterocycles. The highest BCUT2D eigenvalue weighted by molar-refractivity contribution is 8.04. The molecule has 0 fully saturated rings. The van der Waals surface area contributed by atoms with Gasteiger partial charge in [0.2, 0.25) is 5.91 Å². The van der Waals surface area contributed by atoms with Crippen LogP contribution in [0.1, 0.15) is 11.3 Å². The van der Waals surface area contributed by atoms with Crippen molar-refractivity contribution in [2.45, 2.75) is 11.4 Å². The number of anilines is 1. The number of benzene rings is 2. The Morgan fingerprint density at radius 3 is 2.79 bits per heavy atom. The Bertz CT molecular complexity index is 1080. The first kappa shape index (κ1) is 19.4. The van der Waals surface area contributed by atoms with Crippen molar-refractivity contribution in [2.75, 3.05) is 11.4 Å². The van der Waals surface area contributed by atoms with E-state index < -0.39 is 0 Å². The maximum absolute atomic E-state index is 13.2. The smallest absolute Gasteiger partial charge is 0.265 e. The number of hydrogen-bond donors (Lipinski definition) is 1. The van der Waals surface area contributed by atoms with Crippen LogP contribution < -0.4 is 10.2 Å². The van der Waals surface area contributed by atoms with E-state index in [1.54, 1.807) is 36.6 Å². The van der Waals surface area contributed by atoms with Crippen LogP contribution in [0.25, 0.3) is 6.08 Å². The molecule has 5 nitrogen and oxygen atoms in total. The van der Waals surface area contributed by atoms with Gasteiger partial charge in [-0.2, -0.15) is 0 Å². The second-order valence-corrected chi connectivity index (χ2v) is 7.90. The summed E-state index contributed by atoms with van der Waals surface area (Å²) in [5.74, 6) is 0.168. The molecule has 0 bridgehead atoms. The lowest BCUT2D eigenvalue weighted by Gasteiger charge is -2.29. The molecule has 2 heterocycles. The fraction of sp³-hybridized carbons (Fsp3) is 0.0909. The van der Waals surface area contributed by atoms with E-state index >= 15 is 0 Å². The molecule has 146 valence electrons. The molecule has 3 aromatic rings. The van der Waals surface area contributed by atoms with E-state index in [1.807, 2.05) is 36.4 Å². The minimum atomic E-state index is -0.265. The van der Waals surface area contributed by atoms with Gasteiger partial charge in [-0.15, -0.1) is 0 Å². The van der Waals surface area contributed by atoms with Crippen LogP contribution in [-0.2, 0) is 16.1 Å². The Morgan fingerprint density at radius 1 is 1.14 bits per heavy atom. The molecule has 2 aromatic carbocycles. The third-order valence-electron chi connectivity index (χ3n) is 4.32. The van der Waals surface area contributed by atoms with Crippen molar-refractivity contribution in [3.8, 4) is 0 Å². The lowest BCUT2D eigenvalue weighted by molar-refractivity contribution is -0.122. The zero-order chi connectivity index (χ0) is 20.2. The van der Waals surface area contributed by atoms with Gasteiger partial charge in [0.1, 0.15) is 12.3 Å². The Kier molecular flexibility index (Phi) is 5.74. The van der Waals surface area contributed by atoms with Gasteiger partial charge in [0.25, 0.3) is 5.91 Å². The second kappa shape index (κ2) is 8.59. The van der Waals surface area contributed by atoms with Gasteiger partial charge in [0.15, 0.2) is 0 Å². The summed E-state index contributed by atoms with van der Waals surface area (Å²) < 4.78 is 5.23. The standard InChI is InChI=1S/C22H17ClN2O3S/c23-16-6-3-5-15(11-16)12-20-22(27)25(18-8-1-2-9-19(18)29-20)14-21(26)24-13-17-7-4-10-28-17/h1-12H,13-14H2,(H,24,26)/b20-12-. The molecule has 0 radical (unpaired) electrons. The molecule has 0 unspecified atom stereocenters. The predicted octanol–water partition coefficient (Wildman–Crippen LogP) is 4.73. The van der Waals surface area contributed by atoms with Crippen LogP contribution in [0.15, 0.2) is 81.1 Å². The van der Waals surface area contributed by atoms with Gasteiger partial charge in [-0.1, -0.05) is 47.6 Å². The number of fused-ring (bicyclic) bond motifs is 1. The van der Waals surface area contributed by atoms with Crippen LogP contribution in [0.3, 0.4) is 0 Å². The Hall–Kier alpha value is -2.96. The highest BCUT2D eigenvalue weighted by atomic mass is 35.5. The third kappa shape index (κ3) is 4.55. The number of carbonyl (C=O) groups is 2. The summed E-state index contributed by atoms with van der Waals surface area (Å²) in [6, 6.07) is 18.4. The number of hydrogen-bond acceptors (Lipinski definition) is 4. The molecular formula is C22H17ClN2O3S. The van der Waals surface area contributed by atoms with Gasteiger partial charge in [0, 0.05) is 9.92 Å². The second-order valence-electron chi connectivity index (χ2n) is 6.38. The van der Waals surface area contributed by atoms with Crippen LogP contribution in [0.2, 0.25) is 5.02 Å². The highest BCUT2D eigenvalue weighted by Crippen LogP contribution is 2.41. The van der Waals surface area contributed by atoms with Gasteiger partial charge in [-0.3, -0.25) is 14.5 Å². The number of amides is 2. The molecule has 2 amide bonds. The Morgan fingerprint density at radius 2 is 2.00 bits per heavy atom. The average molecular weight is 425 g/mol. The van der Waals surface area contributed by atoms with E-state index in [1.165, 1.54) is 16.7 Å². The van der Waals surface area contributed by atoms with Gasteiger partial charge in [0.05, 0.1) is 23.4 Å². The van der Waals surface area contributed by atoms with E-state index in [0.717, 1.165) is 16.1 Å². The fourth-order valence-corrected chi connectivity index (χ4v) is 4.22. The number of halogens is 1. The molecule has 0 spiro atoms. The van der Waals surface area contributed by atoms with Crippen molar-refractivity contribution in [1.29, 1.82) is 0 Å².